The lowest BCUT2D eigenvalue weighted by molar-refractivity contribution is 0.298. The molecule has 1 aliphatic rings. The summed E-state index contributed by atoms with van der Waals surface area (Å²) < 4.78 is 19.0. The van der Waals surface area contributed by atoms with E-state index in [4.69, 9.17) is 4.74 Å². The molecule has 0 saturated heterocycles. The van der Waals surface area contributed by atoms with Crippen molar-refractivity contribution < 1.29 is 9.13 Å². The second-order valence-electron chi connectivity index (χ2n) is 4.73. The average Bonchev–Trinajstić information content (AvgIpc) is 3.17. The fourth-order valence-electron chi connectivity index (χ4n) is 1.71. The number of hydrogen-bond donors (Lipinski definition) is 1. The highest BCUT2D eigenvalue weighted by atomic mass is 19.1. The number of hydrogen-bond acceptors (Lipinski definition) is 2. The van der Waals surface area contributed by atoms with Crippen LogP contribution in [-0.4, -0.2) is 20.2 Å². The Morgan fingerprint density at radius 1 is 1.44 bits per heavy atom. The van der Waals surface area contributed by atoms with E-state index < -0.39 is 0 Å². The Hall–Kier alpha value is -1.35. The normalized spacial score (nSPS) is 15.2. The highest BCUT2D eigenvalue weighted by molar-refractivity contribution is 5.57. The van der Waals surface area contributed by atoms with Crippen molar-refractivity contribution in [2.24, 2.45) is 5.92 Å². The van der Waals surface area contributed by atoms with Crippen LogP contribution in [0.1, 0.15) is 24.8 Å². The zero-order valence-corrected chi connectivity index (χ0v) is 10.8. The molecule has 1 aliphatic carbocycles. The molecule has 0 amide bonds. The minimum Gasteiger partial charge on any atom is -0.493 e. The van der Waals surface area contributed by atoms with Gasteiger partial charge >= 0.3 is 0 Å². The summed E-state index contributed by atoms with van der Waals surface area (Å²) in [6.45, 7) is 1.67. The first-order chi connectivity index (χ1) is 8.79. The van der Waals surface area contributed by atoms with Crippen LogP contribution in [0.25, 0.3) is 6.08 Å². The molecule has 1 aromatic rings. The van der Waals surface area contributed by atoms with Crippen LogP contribution in [0, 0.1) is 11.7 Å². The van der Waals surface area contributed by atoms with E-state index in [9.17, 15) is 4.39 Å². The fourth-order valence-corrected chi connectivity index (χ4v) is 1.71. The zero-order chi connectivity index (χ0) is 12.8. The summed E-state index contributed by atoms with van der Waals surface area (Å²) in [6.07, 6.45) is 7.41. The van der Waals surface area contributed by atoms with Gasteiger partial charge in [0.1, 0.15) is 11.6 Å². The number of rotatable bonds is 7. The fraction of sp³-hybridized carbons (Fsp3) is 0.467. The van der Waals surface area contributed by atoms with E-state index in [-0.39, 0.29) is 5.82 Å². The Morgan fingerprint density at radius 3 is 3.00 bits per heavy atom. The van der Waals surface area contributed by atoms with Gasteiger partial charge in [-0.15, -0.1) is 0 Å². The second kappa shape index (κ2) is 6.55. The van der Waals surface area contributed by atoms with Crippen molar-refractivity contribution in [3.05, 3.63) is 35.7 Å². The van der Waals surface area contributed by atoms with Gasteiger partial charge in [0.2, 0.25) is 0 Å². The minimum atomic E-state index is -0.220. The van der Waals surface area contributed by atoms with E-state index >= 15 is 0 Å². The van der Waals surface area contributed by atoms with Crippen LogP contribution in [0.15, 0.2) is 24.3 Å². The molecule has 1 fully saturated rings. The topological polar surface area (TPSA) is 21.3 Å². The van der Waals surface area contributed by atoms with E-state index in [2.05, 4.69) is 5.32 Å². The van der Waals surface area contributed by atoms with Gasteiger partial charge < -0.3 is 10.1 Å². The van der Waals surface area contributed by atoms with Gasteiger partial charge in [-0.25, -0.2) is 4.39 Å². The van der Waals surface area contributed by atoms with Crippen molar-refractivity contribution in [3.8, 4) is 5.75 Å². The van der Waals surface area contributed by atoms with Crippen molar-refractivity contribution in [1.82, 2.24) is 5.32 Å². The summed E-state index contributed by atoms with van der Waals surface area (Å²) in [7, 11) is 1.92. The summed E-state index contributed by atoms with van der Waals surface area (Å²) in [6, 6.07) is 4.70. The Kier molecular flexibility index (Phi) is 4.76. The summed E-state index contributed by atoms with van der Waals surface area (Å²) in [5, 5.41) is 3.07. The molecule has 0 atom stereocenters. The molecule has 0 aliphatic heterocycles. The molecule has 0 spiro atoms. The quantitative estimate of drug-likeness (QED) is 0.749. The predicted molar refractivity (Wildman–Crippen MR) is 72.2 cm³/mol. The van der Waals surface area contributed by atoms with Crippen LogP contribution in [0.5, 0.6) is 5.75 Å². The number of halogens is 1. The van der Waals surface area contributed by atoms with E-state index in [0.717, 1.165) is 30.9 Å². The molecule has 2 rings (SSSR count). The molecule has 0 radical (unpaired) electrons. The summed E-state index contributed by atoms with van der Waals surface area (Å²) in [5.41, 5.74) is 0.826. The standard InChI is InChI=1S/C15H20FNO/c1-17-9-3-2-4-13-10-14(16)7-8-15(13)18-11-12-5-6-12/h2,4,7-8,10,12,17H,3,5-6,9,11H2,1H3. The van der Waals surface area contributed by atoms with Gasteiger partial charge in [0, 0.05) is 5.56 Å². The molecule has 98 valence electrons. The maximum absolute atomic E-state index is 13.2. The maximum Gasteiger partial charge on any atom is 0.126 e. The average molecular weight is 249 g/mol. The molecular formula is C15H20FNO. The van der Waals surface area contributed by atoms with Crippen LogP contribution >= 0.6 is 0 Å². The Bertz CT molecular complexity index is 413. The van der Waals surface area contributed by atoms with Crippen molar-refractivity contribution in [2.75, 3.05) is 20.2 Å². The summed E-state index contributed by atoms with van der Waals surface area (Å²) >= 11 is 0. The van der Waals surface area contributed by atoms with Crippen molar-refractivity contribution in [1.29, 1.82) is 0 Å². The molecule has 0 unspecified atom stereocenters. The number of nitrogens with one attached hydrogen (secondary N) is 1. The molecule has 1 saturated carbocycles. The number of benzene rings is 1. The van der Waals surface area contributed by atoms with Crippen LogP contribution in [0.3, 0.4) is 0 Å². The van der Waals surface area contributed by atoms with Crippen LogP contribution < -0.4 is 10.1 Å². The SMILES string of the molecule is CNCCC=Cc1cc(F)ccc1OCC1CC1. The van der Waals surface area contributed by atoms with E-state index in [1.54, 1.807) is 6.07 Å². The lowest BCUT2D eigenvalue weighted by Crippen LogP contribution is -2.05. The van der Waals surface area contributed by atoms with Gasteiger partial charge in [0.05, 0.1) is 6.61 Å². The Morgan fingerprint density at radius 2 is 2.28 bits per heavy atom. The lowest BCUT2D eigenvalue weighted by atomic mass is 10.1. The Balaban J connectivity index is 1.99. The van der Waals surface area contributed by atoms with Gasteiger partial charge in [0.15, 0.2) is 0 Å². The van der Waals surface area contributed by atoms with Gasteiger partial charge in [0.25, 0.3) is 0 Å². The zero-order valence-electron chi connectivity index (χ0n) is 10.8. The second-order valence-corrected chi connectivity index (χ2v) is 4.73. The maximum atomic E-state index is 13.2. The van der Waals surface area contributed by atoms with Crippen LogP contribution in [0.4, 0.5) is 4.39 Å². The molecule has 1 aromatic carbocycles. The minimum absolute atomic E-state index is 0.220. The highest BCUT2D eigenvalue weighted by Crippen LogP contribution is 2.30. The summed E-state index contributed by atoms with van der Waals surface area (Å²) in [4.78, 5) is 0. The van der Waals surface area contributed by atoms with Crippen molar-refractivity contribution >= 4 is 6.08 Å². The predicted octanol–water partition coefficient (Wildman–Crippen LogP) is 3.24. The third kappa shape index (κ3) is 4.15. The molecule has 18 heavy (non-hydrogen) atoms. The van der Waals surface area contributed by atoms with Crippen molar-refractivity contribution in [2.45, 2.75) is 19.3 Å². The summed E-state index contributed by atoms with van der Waals surface area (Å²) in [5.74, 6) is 1.27. The molecule has 0 aromatic heterocycles. The lowest BCUT2D eigenvalue weighted by Gasteiger charge is -2.08. The van der Waals surface area contributed by atoms with Gasteiger partial charge in [-0.1, -0.05) is 12.2 Å². The largest absolute Gasteiger partial charge is 0.493 e. The van der Waals surface area contributed by atoms with Crippen molar-refractivity contribution in [3.63, 3.8) is 0 Å². The van der Waals surface area contributed by atoms with Crippen LogP contribution in [0.2, 0.25) is 0 Å². The smallest absolute Gasteiger partial charge is 0.126 e. The van der Waals surface area contributed by atoms with E-state index in [1.807, 2.05) is 19.2 Å². The molecule has 0 heterocycles. The molecule has 0 bridgehead atoms. The van der Waals surface area contributed by atoms with Gasteiger partial charge in [-0.2, -0.15) is 0 Å². The highest BCUT2D eigenvalue weighted by Gasteiger charge is 2.22. The number of ether oxygens (including phenoxy) is 1. The first-order valence-electron chi connectivity index (χ1n) is 6.53. The van der Waals surface area contributed by atoms with Crippen LogP contribution in [-0.2, 0) is 0 Å². The molecule has 3 heteroatoms. The van der Waals surface area contributed by atoms with E-state index in [0.29, 0.717) is 5.92 Å². The molecule has 2 nitrogen and oxygen atoms in total. The first-order valence-corrected chi connectivity index (χ1v) is 6.53. The first kappa shape index (κ1) is 13.1. The van der Waals surface area contributed by atoms with Gasteiger partial charge in [-0.05, 0) is 57.0 Å². The monoisotopic (exact) mass is 249 g/mol. The third-order valence-electron chi connectivity index (χ3n) is 3.00. The van der Waals surface area contributed by atoms with Gasteiger partial charge in [-0.3, -0.25) is 0 Å². The van der Waals surface area contributed by atoms with E-state index in [1.165, 1.54) is 25.0 Å². The third-order valence-corrected chi connectivity index (χ3v) is 3.00. The Labute approximate surface area is 108 Å². The molecule has 1 N–H and O–H groups in total. The molecular weight excluding hydrogens is 229 g/mol.